The minimum Gasteiger partial charge on any atom is -0.493 e. The van der Waals surface area contributed by atoms with Crippen molar-refractivity contribution in [2.24, 2.45) is 0 Å². The van der Waals surface area contributed by atoms with E-state index in [2.05, 4.69) is 0 Å². The number of carbonyl (C=O) groups is 1. The predicted octanol–water partition coefficient (Wildman–Crippen LogP) is 2.66. The van der Waals surface area contributed by atoms with Gasteiger partial charge in [0.1, 0.15) is 11.6 Å². The van der Waals surface area contributed by atoms with E-state index >= 15 is 0 Å². The van der Waals surface area contributed by atoms with Crippen LogP contribution in [-0.4, -0.2) is 17.7 Å². The molecule has 3 rings (SSSR count). The fourth-order valence-electron chi connectivity index (χ4n) is 3.18. The Morgan fingerprint density at radius 3 is 2.72 bits per heavy atom. The second kappa shape index (κ2) is 3.97. The van der Waals surface area contributed by atoms with E-state index in [1.807, 2.05) is 0 Å². The van der Waals surface area contributed by atoms with Crippen LogP contribution in [0.15, 0.2) is 12.1 Å². The third kappa shape index (κ3) is 1.44. The van der Waals surface area contributed by atoms with Gasteiger partial charge in [-0.25, -0.2) is 4.39 Å². The molecule has 18 heavy (non-hydrogen) atoms. The maximum Gasteiger partial charge on any atom is 0.314 e. The van der Waals surface area contributed by atoms with Crippen LogP contribution < -0.4 is 4.74 Å². The fourth-order valence-corrected chi connectivity index (χ4v) is 3.18. The van der Waals surface area contributed by atoms with E-state index in [9.17, 15) is 14.3 Å². The lowest BCUT2D eigenvalue weighted by Gasteiger charge is -2.25. The number of ether oxygens (including phenoxy) is 1. The number of halogens is 1. The van der Waals surface area contributed by atoms with Crippen molar-refractivity contribution >= 4 is 5.97 Å². The highest BCUT2D eigenvalue weighted by molar-refractivity contribution is 5.82. The molecule has 1 fully saturated rings. The van der Waals surface area contributed by atoms with Crippen molar-refractivity contribution in [3.05, 3.63) is 29.1 Å². The molecule has 1 aromatic rings. The fraction of sp³-hybridized carbons (Fsp3) is 0.500. The second-order valence-electron chi connectivity index (χ2n) is 5.10. The number of hydrogen-bond acceptors (Lipinski definition) is 2. The van der Waals surface area contributed by atoms with E-state index in [1.54, 1.807) is 12.1 Å². The Kier molecular flexibility index (Phi) is 2.54. The summed E-state index contributed by atoms with van der Waals surface area (Å²) in [5, 5.41) is 9.49. The number of fused-ring (bicyclic) bond motifs is 1. The van der Waals surface area contributed by atoms with Gasteiger partial charge in [0, 0.05) is 17.5 Å². The van der Waals surface area contributed by atoms with Crippen LogP contribution >= 0.6 is 0 Å². The van der Waals surface area contributed by atoms with Crippen molar-refractivity contribution in [1.82, 2.24) is 0 Å². The molecule has 0 radical (unpaired) electrons. The first kappa shape index (κ1) is 11.5. The Bertz CT molecular complexity index is 504. The van der Waals surface area contributed by atoms with Gasteiger partial charge in [-0.05, 0) is 18.9 Å². The van der Waals surface area contributed by atoms with Crippen molar-refractivity contribution < 1.29 is 19.0 Å². The number of carboxylic acids is 1. The zero-order valence-corrected chi connectivity index (χ0v) is 10.0. The van der Waals surface area contributed by atoms with Crippen molar-refractivity contribution in [3.63, 3.8) is 0 Å². The molecule has 0 amide bonds. The quantitative estimate of drug-likeness (QED) is 0.877. The van der Waals surface area contributed by atoms with Crippen molar-refractivity contribution in [2.45, 2.75) is 37.5 Å². The Balaban J connectivity index is 2.14. The molecular weight excluding hydrogens is 235 g/mol. The number of hydrogen-bond donors (Lipinski definition) is 1. The van der Waals surface area contributed by atoms with Crippen molar-refractivity contribution in [3.8, 4) is 5.75 Å². The predicted molar refractivity (Wildman–Crippen MR) is 63.4 cm³/mol. The average molecular weight is 250 g/mol. The zero-order chi connectivity index (χ0) is 12.8. The molecule has 1 N–H and O–H groups in total. The smallest absolute Gasteiger partial charge is 0.314 e. The number of carboxylic acid groups (broad SMARTS) is 1. The van der Waals surface area contributed by atoms with Crippen LogP contribution in [0.2, 0.25) is 0 Å². The van der Waals surface area contributed by atoms with E-state index in [1.165, 1.54) is 0 Å². The molecule has 1 heterocycles. The molecule has 0 bridgehead atoms. The second-order valence-corrected chi connectivity index (χ2v) is 5.10. The lowest BCUT2D eigenvalue weighted by molar-refractivity contribution is -0.143. The number of rotatable bonds is 2. The first-order chi connectivity index (χ1) is 8.65. The van der Waals surface area contributed by atoms with E-state index in [4.69, 9.17) is 4.74 Å². The van der Waals surface area contributed by atoms with Crippen LogP contribution in [0.25, 0.3) is 0 Å². The summed E-state index contributed by atoms with van der Waals surface area (Å²) in [6.45, 7) is 0.482. The molecule has 0 atom stereocenters. The summed E-state index contributed by atoms with van der Waals surface area (Å²) in [7, 11) is 0. The van der Waals surface area contributed by atoms with Gasteiger partial charge in [-0.3, -0.25) is 4.79 Å². The van der Waals surface area contributed by atoms with Crippen LogP contribution in [0.1, 0.15) is 36.8 Å². The SMILES string of the molecule is O=C(O)C1(c2ccc3c(c2F)CCO3)CCCC1. The molecule has 96 valence electrons. The van der Waals surface area contributed by atoms with E-state index in [-0.39, 0.29) is 5.82 Å². The van der Waals surface area contributed by atoms with Gasteiger partial charge in [0.2, 0.25) is 0 Å². The molecule has 4 heteroatoms. The molecule has 0 spiro atoms. The van der Waals surface area contributed by atoms with Gasteiger partial charge >= 0.3 is 5.97 Å². The maximum atomic E-state index is 14.5. The Morgan fingerprint density at radius 1 is 1.33 bits per heavy atom. The number of benzene rings is 1. The molecule has 0 aromatic heterocycles. The third-order valence-corrected chi connectivity index (χ3v) is 4.19. The minimum absolute atomic E-state index is 0.344. The highest BCUT2D eigenvalue weighted by Crippen LogP contribution is 2.44. The van der Waals surface area contributed by atoms with Crippen LogP contribution in [-0.2, 0) is 16.6 Å². The van der Waals surface area contributed by atoms with Gasteiger partial charge in [-0.1, -0.05) is 18.9 Å². The lowest BCUT2D eigenvalue weighted by atomic mass is 9.78. The van der Waals surface area contributed by atoms with Crippen LogP contribution in [0, 0.1) is 5.82 Å². The van der Waals surface area contributed by atoms with Gasteiger partial charge in [0.05, 0.1) is 12.0 Å². The largest absolute Gasteiger partial charge is 0.493 e. The summed E-state index contributed by atoms with van der Waals surface area (Å²) in [6, 6.07) is 3.31. The van der Waals surface area contributed by atoms with Crippen LogP contribution in [0.4, 0.5) is 4.39 Å². The van der Waals surface area contributed by atoms with Gasteiger partial charge in [-0.2, -0.15) is 0 Å². The summed E-state index contributed by atoms with van der Waals surface area (Å²) in [6.07, 6.45) is 3.28. The summed E-state index contributed by atoms with van der Waals surface area (Å²) in [5.41, 5.74) is -0.140. The first-order valence-electron chi connectivity index (χ1n) is 6.33. The van der Waals surface area contributed by atoms with Crippen LogP contribution in [0.3, 0.4) is 0 Å². The zero-order valence-electron chi connectivity index (χ0n) is 10.0. The Labute approximate surface area is 105 Å². The molecule has 0 unspecified atom stereocenters. The molecule has 1 aromatic carbocycles. The molecule has 1 aliphatic carbocycles. The molecule has 1 saturated carbocycles. The first-order valence-corrected chi connectivity index (χ1v) is 6.33. The average Bonchev–Trinajstić information content (AvgIpc) is 2.98. The summed E-state index contributed by atoms with van der Waals surface area (Å²) < 4.78 is 19.8. The molecule has 0 saturated heterocycles. The summed E-state index contributed by atoms with van der Waals surface area (Å²) in [4.78, 5) is 11.6. The summed E-state index contributed by atoms with van der Waals surface area (Å²) >= 11 is 0. The molecular formula is C14H15FO3. The van der Waals surface area contributed by atoms with E-state index in [0.29, 0.717) is 42.7 Å². The lowest BCUT2D eigenvalue weighted by Crippen LogP contribution is -2.33. The van der Waals surface area contributed by atoms with Crippen LogP contribution in [0.5, 0.6) is 5.75 Å². The number of aliphatic carboxylic acids is 1. The van der Waals surface area contributed by atoms with Gasteiger partial charge in [0.25, 0.3) is 0 Å². The van der Waals surface area contributed by atoms with Crippen molar-refractivity contribution in [2.75, 3.05) is 6.61 Å². The van der Waals surface area contributed by atoms with Gasteiger partial charge in [0.15, 0.2) is 0 Å². The standard InChI is InChI=1S/C14H15FO3/c15-12-9-5-8-18-11(9)4-3-10(12)14(13(16)17)6-1-2-7-14/h3-4H,1-2,5-8H2,(H,16,17). The molecule has 1 aliphatic heterocycles. The third-order valence-electron chi connectivity index (χ3n) is 4.19. The van der Waals surface area contributed by atoms with Gasteiger partial charge < -0.3 is 9.84 Å². The maximum absolute atomic E-state index is 14.5. The monoisotopic (exact) mass is 250 g/mol. The Hall–Kier alpha value is -1.58. The Morgan fingerprint density at radius 2 is 2.06 bits per heavy atom. The van der Waals surface area contributed by atoms with Crippen molar-refractivity contribution in [1.29, 1.82) is 0 Å². The normalized spacial score (nSPS) is 20.5. The highest BCUT2D eigenvalue weighted by atomic mass is 19.1. The van der Waals surface area contributed by atoms with E-state index in [0.717, 1.165) is 12.8 Å². The van der Waals surface area contributed by atoms with Gasteiger partial charge in [-0.15, -0.1) is 0 Å². The highest BCUT2D eigenvalue weighted by Gasteiger charge is 2.45. The molecule has 2 aliphatic rings. The topological polar surface area (TPSA) is 46.5 Å². The minimum atomic E-state index is -1.03. The van der Waals surface area contributed by atoms with E-state index < -0.39 is 11.4 Å². The molecule has 3 nitrogen and oxygen atoms in total. The summed E-state index contributed by atoms with van der Waals surface area (Å²) in [5.74, 6) is -0.707.